The number of benzene rings is 4. The molecule has 130 valence electrons. The summed E-state index contributed by atoms with van der Waals surface area (Å²) in [6, 6.07) is 21.3. The lowest BCUT2D eigenvalue weighted by atomic mass is 9.81. The van der Waals surface area contributed by atoms with Gasteiger partial charge in [0, 0.05) is 0 Å². The average molecular weight is 352 g/mol. The van der Waals surface area contributed by atoms with E-state index >= 15 is 0 Å². The van der Waals surface area contributed by atoms with E-state index < -0.39 is 12.2 Å². The lowest BCUT2D eigenvalue weighted by Crippen LogP contribution is -2.29. The van der Waals surface area contributed by atoms with Gasteiger partial charge in [-0.05, 0) is 67.1 Å². The molecule has 0 aromatic heterocycles. The predicted molar refractivity (Wildman–Crippen MR) is 104 cm³/mol. The zero-order valence-electron chi connectivity index (χ0n) is 14.4. The van der Waals surface area contributed by atoms with Gasteiger partial charge >= 0.3 is 0 Å². The van der Waals surface area contributed by atoms with Crippen molar-refractivity contribution in [3.8, 4) is 22.3 Å². The second-order valence-electron chi connectivity index (χ2n) is 7.82. The van der Waals surface area contributed by atoms with Crippen LogP contribution in [0.2, 0.25) is 0 Å². The van der Waals surface area contributed by atoms with Gasteiger partial charge < -0.3 is 14.9 Å². The van der Waals surface area contributed by atoms with Crippen molar-refractivity contribution in [1.82, 2.24) is 0 Å². The molecule has 1 fully saturated rings. The van der Waals surface area contributed by atoms with Gasteiger partial charge in [0.05, 0.1) is 0 Å². The summed E-state index contributed by atoms with van der Waals surface area (Å²) in [4.78, 5) is 0. The summed E-state index contributed by atoms with van der Waals surface area (Å²) in [5.41, 5.74) is 6.47. The first-order chi connectivity index (χ1) is 13.2. The van der Waals surface area contributed by atoms with Crippen molar-refractivity contribution in [1.29, 1.82) is 0 Å². The second kappa shape index (κ2) is 4.57. The Kier molecular flexibility index (Phi) is 2.43. The largest absolute Gasteiger partial charge is 0.387 e. The molecule has 2 N–H and O–H groups in total. The molecular formula is C24H16O3. The van der Waals surface area contributed by atoms with Gasteiger partial charge in [-0.15, -0.1) is 0 Å². The zero-order valence-corrected chi connectivity index (χ0v) is 14.4. The Balaban J connectivity index is 1.75. The molecule has 4 aromatic rings. The van der Waals surface area contributed by atoms with Gasteiger partial charge in [0.15, 0.2) is 0 Å². The van der Waals surface area contributed by atoms with Crippen LogP contribution in [0.15, 0.2) is 60.7 Å². The first-order valence-corrected chi connectivity index (χ1v) is 9.37. The number of rotatable bonds is 0. The average Bonchev–Trinajstić information content (AvgIpc) is 3.45. The van der Waals surface area contributed by atoms with Crippen molar-refractivity contribution in [2.45, 2.75) is 24.4 Å². The van der Waals surface area contributed by atoms with Gasteiger partial charge in [0.1, 0.15) is 24.4 Å². The van der Waals surface area contributed by atoms with E-state index in [9.17, 15) is 10.2 Å². The number of hydrogen-bond acceptors (Lipinski definition) is 3. The molecule has 0 radical (unpaired) electrons. The highest BCUT2D eigenvalue weighted by Gasteiger charge is 2.55. The van der Waals surface area contributed by atoms with Gasteiger partial charge in [0.25, 0.3) is 0 Å². The molecule has 0 bridgehead atoms. The summed E-state index contributed by atoms with van der Waals surface area (Å²) in [5.74, 6) is 0. The van der Waals surface area contributed by atoms with Gasteiger partial charge in [0.2, 0.25) is 0 Å². The van der Waals surface area contributed by atoms with Crippen LogP contribution in [-0.4, -0.2) is 22.4 Å². The number of epoxide rings is 1. The minimum atomic E-state index is -0.923. The predicted octanol–water partition coefficient (Wildman–Crippen LogP) is 4.49. The van der Waals surface area contributed by atoms with Crippen LogP contribution in [0.3, 0.4) is 0 Å². The number of aliphatic hydroxyl groups excluding tert-OH is 2. The topological polar surface area (TPSA) is 53.0 Å². The van der Waals surface area contributed by atoms with Crippen molar-refractivity contribution < 1.29 is 14.9 Å². The van der Waals surface area contributed by atoms with E-state index in [1.165, 1.54) is 32.7 Å². The highest BCUT2D eigenvalue weighted by molar-refractivity contribution is 6.24. The van der Waals surface area contributed by atoms with E-state index in [2.05, 4.69) is 54.6 Å². The molecule has 0 saturated carbocycles. The van der Waals surface area contributed by atoms with Crippen LogP contribution < -0.4 is 0 Å². The maximum Gasteiger partial charge on any atom is 0.118 e. The van der Waals surface area contributed by atoms with Crippen molar-refractivity contribution in [3.63, 3.8) is 0 Å². The molecule has 3 aliphatic rings. The standard InChI is InChI=1S/C24H16O3/c25-21-20-17(23-24(27-23)22(21)26)10-16-12-6-2-1-5-11(12)9-15-13-7-3-4-8-14(13)19(20)18(15)16/h1-10,21-26H. The summed E-state index contributed by atoms with van der Waals surface area (Å²) >= 11 is 0. The van der Waals surface area contributed by atoms with Crippen LogP contribution in [0.4, 0.5) is 0 Å². The van der Waals surface area contributed by atoms with Crippen molar-refractivity contribution in [3.05, 3.63) is 71.8 Å². The van der Waals surface area contributed by atoms with Crippen LogP contribution in [0.1, 0.15) is 23.3 Å². The molecule has 4 unspecified atom stereocenters. The molecule has 3 nitrogen and oxygen atoms in total. The van der Waals surface area contributed by atoms with Crippen LogP contribution in [0.5, 0.6) is 0 Å². The van der Waals surface area contributed by atoms with Gasteiger partial charge in [-0.3, -0.25) is 0 Å². The first-order valence-electron chi connectivity index (χ1n) is 9.37. The third kappa shape index (κ3) is 1.60. The monoisotopic (exact) mass is 352 g/mol. The third-order valence-corrected chi connectivity index (χ3v) is 6.49. The zero-order chi connectivity index (χ0) is 17.9. The Hall–Kier alpha value is -2.72. The summed E-state index contributed by atoms with van der Waals surface area (Å²) in [5, 5.41) is 26.2. The fraction of sp³-hybridized carbons (Fsp3) is 0.167. The van der Waals surface area contributed by atoms with Crippen LogP contribution in [-0.2, 0) is 4.74 Å². The molecular weight excluding hydrogens is 336 g/mol. The number of aliphatic hydroxyl groups is 2. The Morgan fingerprint density at radius 3 is 2.44 bits per heavy atom. The van der Waals surface area contributed by atoms with Crippen LogP contribution >= 0.6 is 0 Å². The van der Waals surface area contributed by atoms with E-state index in [-0.39, 0.29) is 12.2 Å². The van der Waals surface area contributed by atoms with E-state index in [1.807, 2.05) is 6.07 Å². The van der Waals surface area contributed by atoms with Gasteiger partial charge in [-0.2, -0.15) is 0 Å². The fourth-order valence-electron chi connectivity index (χ4n) is 5.27. The summed E-state index contributed by atoms with van der Waals surface area (Å²) in [7, 11) is 0. The summed E-state index contributed by atoms with van der Waals surface area (Å²) < 4.78 is 5.74. The fourth-order valence-corrected chi connectivity index (χ4v) is 5.27. The molecule has 4 aromatic carbocycles. The summed E-state index contributed by atoms with van der Waals surface area (Å²) in [6.07, 6.45) is -2.20. The summed E-state index contributed by atoms with van der Waals surface area (Å²) in [6.45, 7) is 0. The molecule has 27 heavy (non-hydrogen) atoms. The smallest absolute Gasteiger partial charge is 0.118 e. The van der Waals surface area contributed by atoms with Crippen LogP contribution in [0.25, 0.3) is 43.8 Å². The normalized spacial score (nSPS) is 26.7. The molecule has 0 amide bonds. The van der Waals surface area contributed by atoms with Crippen molar-refractivity contribution in [2.75, 3.05) is 0 Å². The molecule has 1 aliphatic heterocycles. The Morgan fingerprint density at radius 1 is 0.778 bits per heavy atom. The Labute approximate surface area is 155 Å². The highest BCUT2D eigenvalue weighted by atomic mass is 16.6. The molecule has 1 heterocycles. The van der Waals surface area contributed by atoms with E-state index in [4.69, 9.17) is 4.74 Å². The Bertz CT molecular complexity index is 1310. The molecule has 0 spiro atoms. The highest BCUT2D eigenvalue weighted by Crippen LogP contribution is 2.59. The maximum absolute atomic E-state index is 10.9. The quantitative estimate of drug-likeness (QED) is 0.319. The Morgan fingerprint density at radius 2 is 1.56 bits per heavy atom. The SMILES string of the molecule is OC1c2c(cc3c4c(cc5ccccc53)-c3ccccc3-c24)C2OC2C1O. The molecule has 3 heteroatoms. The number of hydrogen-bond donors (Lipinski definition) is 2. The lowest BCUT2D eigenvalue weighted by Gasteiger charge is -2.26. The minimum absolute atomic E-state index is 0.116. The molecule has 4 atom stereocenters. The number of ether oxygens (including phenoxy) is 1. The third-order valence-electron chi connectivity index (χ3n) is 6.49. The second-order valence-corrected chi connectivity index (χ2v) is 7.82. The first kappa shape index (κ1) is 14.4. The van der Waals surface area contributed by atoms with Crippen molar-refractivity contribution >= 4 is 21.5 Å². The molecule has 7 rings (SSSR count). The maximum atomic E-state index is 10.9. The van der Waals surface area contributed by atoms with Gasteiger partial charge in [-0.1, -0.05) is 48.5 Å². The van der Waals surface area contributed by atoms with E-state index in [1.54, 1.807) is 0 Å². The van der Waals surface area contributed by atoms with Crippen molar-refractivity contribution in [2.24, 2.45) is 0 Å². The number of fused-ring (bicyclic) bond motifs is 9. The van der Waals surface area contributed by atoms with E-state index in [0.29, 0.717) is 0 Å². The minimum Gasteiger partial charge on any atom is -0.387 e. The van der Waals surface area contributed by atoms with Crippen LogP contribution in [0, 0.1) is 0 Å². The van der Waals surface area contributed by atoms with Gasteiger partial charge in [-0.25, -0.2) is 0 Å². The lowest BCUT2D eigenvalue weighted by molar-refractivity contribution is 0.000387. The molecule has 2 aliphatic carbocycles. The van der Waals surface area contributed by atoms with E-state index in [0.717, 1.165) is 22.3 Å². The molecule has 1 saturated heterocycles.